The highest BCUT2D eigenvalue weighted by Crippen LogP contribution is 2.51. The number of hydrogen-bond donors (Lipinski definition) is 0. The van der Waals surface area contributed by atoms with Gasteiger partial charge in [0.25, 0.3) is 0 Å². The first kappa shape index (κ1) is 17.7. The first-order valence-corrected chi connectivity index (χ1v) is 9.16. The van der Waals surface area contributed by atoms with Crippen LogP contribution in [0.25, 0.3) is 0 Å². The van der Waals surface area contributed by atoms with E-state index in [1.165, 1.54) is 21.3 Å². The summed E-state index contributed by atoms with van der Waals surface area (Å²) < 4.78 is 27.8. The first-order chi connectivity index (χ1) is 14.1. The van der Waals surface area contributed by atoms with Crippen molar-refractivity contribution in [2.75, 3.05) is 28.1 Å². The van der Waals surface area contributed by atoms with E-state index in [0.717, 1.165) is 11.1 Å². The highest BCUT2D eigenvalue weighted by Gasteiger charge is 2.54. The fraction of sp³-hybridized carbons (Fsp3) is 0.333. The molecule has 0 saturated heterocycles. The average molecular weight is 397 g/mol. The maximum Gasteiger partial charge on any atom is 0.343 e. The minimum Gasteiger partial charge on any atom is -0.493 e. The van der Waals surface area contributed by atoms with Crippen LogP contribution in [0.5, 0.6) is 23.0 Å². The molecule has 0 aromatic heterocycles. The molecule has 8 nitrogen and oxygen atoms in total. The third-order valence-corrected chi connectivity index (χ3v) is 5.62. The number of hydrogen-bond acceptors (Lipinski definition) is 8. The Morgan fingerprint density at radius 1 is 1.07 bits per heavy atom. The van der Waals surface area contributed by atoms with Crippen molar-refractivity contribution in [1.82, 2.24) is 0 Å². The van der Waals surface area contributed by atoms with Crippen LogP contribution in [-0.4, -0.2) is 39.8 Å². The van der Waals surface area contributed by atoms with Crippen LogP contribution in [-0.2, 0) is 21.6 Å². The Bertz CT molecular complexity index is 1060. The Hall–Kier alpha value is -3.42. The second-order valence-electron chi connectivity index (χ2n) is 6.93. The molecule has 29 heavy (non-hydrogen) atoms. The molecular weight excluding hydrogens is 378 g/mol. The maximum atomic E-state index is 12.9. The number of ether oxygens (including phenoxy) is 5. The maximum absolute atomic E-state index is 12.9. The molecule has 0 saturated carbocycles. The summed E-state index contributed by atoms with van der Waals surface area (Å²) in [5.41, 5.74) is 2.29. The van der Waals surface area contributed by atoms with E-state index in [4.69, 9.17) is 28.5 Å². The van der Waals surface area contributed by atoms with Crippen LogP contribution in [0, 0.1) is 0 Å². The minimum atomic E-state index is -1.08. The van der Waals surface area contributed by atoms with E-state index in [0.29, 0.717) is 52.7 Å². The van der Waals surface area contributed by atoms with E-state index in [1.54, 1.807) is 6.07 Å². The van der Waals surface area contributed by atoms with Crippen LogP contribution < -0.4 is 18.9 Å². The normalized spacial score (nSPS) is 22.3. The molecule has 0 unspecified atom stereocenters. The molecule has 2 aromatic carbocycles. The molecule has 8 heteroatoms. The lowest BCUT2D eigenvalue weighted by Gasteiger charge is -2.35. The number of carbonyl (C=O) groups is 1. The molecule has 0 radical (unpaired) electrons. The van der Waals surface area contributed by atoms with Crippen molar-refractivity contribution < 1.29 is 33.3 Å². The van der Waals surface area contributed by atoms with Crippen molar-refractivity contribution in [2.24, 2.45) is 5.16 Å². The lowest BCUT2D eigenvalue weighted by Crippen LogP contribution is -2.41. The Labute approximate surface area is 166 Å². The van der Waals surface area contributed by atoms with Crippen molar-refractivity contribution in [2.45, 2.75) is 18.4 Å². The van der Waals surface area contributed by atoms with E-state index in [-0.39, 0.29) is 6.79 Å². The minimum absolute atomic E-state index is 0.176. The van der Waals surface area contributed by atoms with Crippen molar-refractivity contribution >= 4 is 11.7 Å². The van der Waals surface area contributed by atoms with Crippen LogP contribution in [0.2, 0.25) is 0 Å². The highest BCUT2D eigenvalue weighted by atomic mass is 16.7. The van der Waals surface area contributed by atoms with Gasteiger partial charge in [0.2, 0.25) is 6.79 Å². The quantitative estimate of drug-likeness (QED) is 0.582. The summed E-state index contributed by atoms with van der Waals surface area (Å²) in [5, 5.41) is 4.29. The second kappa shape index (κ2) is 6.30. The Balaban J connectivity index is 1.73. The van der Waals surface area contributed by atoms with Gasteiger partial charge in [0.15, 0.2) is 28.6 Å². The van der Waals surface area contributed by atoms with Gasteiger partial charge in [-0.05, 0) is 36.2 Å². The van der Waals surface area contributed by atoms with Crippen LogP contribution in [0.1, 0.15) is 33.5 Å². The van der Waals surface area contributed by atoms with Crippen LogP contribution in [0.15, 0.2) is 29.4 Å². The molecular formula is C21H19NO7. The summed E-state index contributed by atoms with van der Waals surface area (Å²) in [7, 11) is 4.49. The van der Waals surface area contributed by atoms with Crippen LogP contribution >= 0.6 is 0 Å². The second-order valence-corrected chi connectivity index (χ2v) is 6.93. The zero-order chi connectivity index (χ0) is 20.2. The van der Waals surface area contributed by atoms with E-state index in [2.05, 4.69) is 5.16 Å². The fourth-order valence-corrected chi connectivity index (χ4v) is 4.36. The van der Waals surface area contributed by atoms with Gasteiger partial charge in [-0.2, -0.15) is 0 Å². The molecule has 2 aliphatic heterocycles. The van der Waals surface area contributed by atoms with Crippen molar-refractivity contribution in [3.8, 4) is 23.0 Å². The van der Waals surface area contributed by atoms with Crippen LogP contribution in [0.3, 0.4) is 0 Å². The van der Waals surface area contributed by atoms with Gasteiger partial charge in [-0.15, -0.1) is 0 Å². The summed E-state index contributed by atoms with van der Waals surface area (Å²) in [5.74, 6) is 1.65. The average Bonchev–Trinajstić information content (AvgIpc) is 3.30. The van der Waals surface area contributed by atoms with Crippen molar-refractivity contribution in [3.63, 3.8) is 0 Å². The number of fused-ring (bicyclic) bond motifs is 4. The Morgan fingerprint density at radius 2 is 1.86 bits per heavy atom. The molecule has 0 fully saturated rings. The molecule has 0 N–H and O–H groups in total. The summed E-state index contributed by atoms with van der Waals surface area (Å²) in [6.07, 6.45) is 1.17. The molecule has 0 bridgehead atoms. The molecule has 0 amide bonds. The van der Waals surface area contributed by atoms with Gasteiger partial charge in [0, 0.05) is 17.5 Å². The number of oxime groups is 1. The standard InChI is InChI=1S/C21H19NO7/c1-24-14-5-4-13-17(18(14)25-2)20(23)29-21(13)7-6-11-8-15-16(28-10-27-15)9-12(11)19(21)22-26-3/h4-5,8-9H,6-7,10H2,1-3H3/t21-/m1/s1. The smallest absolute Gasteiger partial charge is 0.343 e. The molecule has 3 aliphatic rings. The first-order valence-electron chi connectivity index (χ1n) is 9.16. The van der Waals surface area contributed by atoms with E-state index < -0.39 is 11.6 Å². The van der Waals surface area contributed by atoms with Crippen molar-refractivity contribution in [1.29, 1.82) is 0 Å². The SMILES string of the molecule is CON=C1c2cc3c(cc2CC[C@]12OC(=O)c1c2ccc(OC)c1OC)OCO3. The van der Waals surface area contributed by atoms with E-state index >= 15 is 0 Å². The third-order valence-electron chi connectivity index (χ3n) is 5.62. The fourth-order valence-electron chi connectivity index (χ4n) is 4.36. The summed E-state index contributed by atoms with van der Waals surface area (Å²) >= 11 is 0. The topological polar surface area (TPSA) is 84.8 Å². The predicted octanol–water partition coefficient (Wildman–Crippen LogP) is 2.80. The number of aryl methyl sites for hydroxylation is 1. The van der Waals surface area contributed by atoms with Gasteiger partial charge >= 0.3 is 5.97 Å². The van der Waals surface area contributed by atoms with Gasteiger partial charge in [-0.25, -0.2) is 4.79 Å². The summed E-state index contributed by atoms with van der Waals surface area (Å²) in [6, 6.07) is 7.40. The zero-order valence-electron chi connectivity index (χ0n) is 16.2. The lowest BCUT2D eigenvalue weighted by molar-refractivity contribution is 0.0161. The number of rotatable bonds is 3. The number of nitrogens with zero attached hydrogens (tertiary/aromatic N) is 1. The van der Waals surface area contributed by atoms with E-state index in [9.17, 15) is 4.79 Å². The molecule has 5 rings (SSSR count). The number of benzene rings is 2. The zero-order valence-corrected chi connectivity index (χ0v) is 16.2. The number of methoxy groups -OCH3 is 2. The molecule has 150 valence electrons. The van der Waals surface area contributed by atoms with Crippen molar-refractivity contribution in [3.05, 3.63) is 46.5 Å². The van der Waals surface area contributed by atoms with E-state index in [1.807, 2.05) is 18.2 Å². The van der Waals surface area contributed by atoms with Gasteiger partial charge in [-0.1, -0.05) is 5.16 Å². The monoisotopic (exact) mass is 397 g/mol. The van der Waals surface area contributed by atoms with Gasteiger partial charge in [0.1, 0.15) is 18.4 Å². The lowest BCUT2D eigenvalue weighted by atomic mass is 9.74. The third kappa shape index (κ3) is 2.31. The predicted molar refractivity (Wildman–Crippen MR) is 101 cm³/mol. The Morgan fingerprint density at radius 3 is 2.59 bits per heavy atom. The van der Waals surface area contributed by atoms with Gasteiger partial charge < -0.3 is 28.5 Å². The summed E-state index contributed by atoms with van der Waals surface area (Å²) in [4.78, 5) is 18.1. The highest BCUT2D eigenvalue weighted by molar-refractivity contribution is 6.14. The molecule has 1 atom stereocenters. The number of carbonyl (C=O) groups excluding carboxylic acids is 1. The van der Waals surface area contributed by atoms with Gasteiger partial charge in [-0.3, -0.25) is 0 Å². The van der Waals surface area contributed by atoms with Gasteiger partial charge in [0.05, 0.1) is 14.2 Å². The Kier molecular flexibility index (Phi) is 3.84. The number of esters is 1. The largest absolute Gasteiger partial charge is 0.493 e. The molecule has 2 aromatic rings. The molecule has 1 aliphatic carbocycles. The summed E-state index contributed by atoms with van der Waals surface area (Å²) in [6.45, 7) is 0.176. The van der Waals surface area contributed by atoms with Crippen LogP contribution in [0.4, 0.5) is 0 Å². The molecule has 1 spiro atoms. The molecule has 2 heterocycles.